The first-order valence-electron chi connectivity index (χ1n) is 13.3. The summed E-state index contributed by atoms with van der Waals surface area (Å²) in [6.45, 7) is 15.7. The summed E-state index contributed by atoms with van der Waals surface area (Å²) in [6.07, 6.45) is 5.40. The van der Waals surface area contributed by atoms with E-state index in [1.165, 1.54) is 44.0 Å². The van der Waals surface area contributed by atoms with E-state index in [0.29, 0.717) is 19.0 Å². The molecule has 2 aliphatic carbocycles. The van der Waals surface area contributed by atoms with Crippen molar-refractivity contribution >= 4 is 5.78 Å². The summed E-state index contributed by atoms with van der Waals surface area (Å²) in [6, 6.07) is 12.2. The quantitative estimate of drug-likeness (QED) is 0.221. The maximum absolute atomic E-state index is 10.0. The number of ketones is 1. The van der Waals surface area contributed by atoms with E-state index in [9.17, 15) is 4.79 Å². The molecule has 1 saturated carbocycles. The van der Waals surface area contributed by atoms with Crippen LogP contribution in [0.2, 0.25) is 0 Å². The number of allylic oxidation sites excluding steroid dienone is 2. The number of pyridine rings is 2. The summed E-state index contributed by atoms with van der Waals surface area (Å²) in [7, 11) is 0. The second kappa shape index (κ2) is 11.8. The zero-order chi connectivity index (χ0) is 27.7. The summed E-state index contributed by atoms with van der Waals surface area (Å²) in [5.74, 6) is 0.455. The van der Waals surface area contributed by atoms with Crippen LogP contribution in [0.25, 0.3) is 16.7 Å². The van der Waals surface area contributed by atoms with Gasteiger partial charge in [-0.25, -0.2) is 0 Å². The van der Waals surface area contributed by atoms with Gasteiger partial charge < -0.3 is 20.6 Å². The van der Waals surface area contributed by atoms with Crippen LogP contribution in [-0.4, -0.2) is 32.5 Å². The van der Waals surface area contributed by atoms with Gasteiger partial charge >= 0.3 is 0 Å². The first-order valence-corrected chi connectivity index (χ1v) is 13.3. The summed E-state index contributed by atoms with van der Waals surface area (Å²) in [5.41, 5.74) is 6.70. The Bertz CT molecular complexity index is 1330. The third-order valence-electron chi connectivity index (χ3n) is 8.46. The number of nitrogens with zero attached hydrogens (tertiary/aromatic N) is 5. The molecule has 0 saturated heterocycles. The maximum atomic E-state index is 10.0. The molecule has 1 fully saturated rings. The van der Waals surface area contributed by atoms with E-state index in [2.05, 4.69) is 68.0 Å². The van der Waals surface area contributed by atoms with Gasteiger partial charge in [-0.3, -0.25) is 14.8 Å². The first kappa shape index (κ1) is 30.9. The van der Waals surface area contributed by atoms with Crippen molar-refractivity contribution < 1.29 is 30.0 Å². The van der Waals surface area contributed by atoms with Gasteiger partial charge in [-0.2, -0.15) is 0 Å². The number of aromatic nitrogens is 4. The predicted molar refractivity (Wildman–Crippen MR) is 150 cm³/mol. The Morgan fingerprint density at radius 1 is 1.18 bits per heavy atom. The van der Waals surface area contributed by atoms with Crippen molar-refractivity contribution in [1.82, 2.24) is 20.2 Å². The molecule has 3 aromatic rings. The summed E-state index contributed by atoms with van der Waals surface area (Å²) < 4.78 is 0. The number of fused-ring (bicyclic) bond motifs is 5. The van der Waals surface area contributed by atoms with Crippen molar-refractivity contribution in [3.05, 3.63) is 82.4 Å². The molecule has 2 unspecified atom stereocenters. The van der Waals surface area contributed by atoms with E-state index in [1.807, 2.05) is 24.4 Å². The third-order valence-corrected chi connectivity index (χ3v) is 8.46. The zero-order valence-electron chi connectivity index (χ0n) is 23.9. The van der Waals surface area contributed by atoms with Crippen molar-refractivity contribution in [3.8, 4) is 11.4 Å². The Labute approximate surface area is 245 Å². The molecule has 2 atom stereocenters. The number of carbonyl (C=O) groups excluding carboxylic acids is 1. The van der Waals surface area contributed by atoms with Crippen molar-refractivity contribution in [2.75, 3.05) is 6.54 Å². The molecule has 8 heteroatoms. The van der Waals surface area contributed by atoms with Crippen molar-refractivity contribution in [2.24, 2.45) is 5.41 Å². The molecule has 5 rings (SSSR count). The standard InChI is InChI=1S/C26H31N5.C5H8O2.Ir/c1-24(2,16-27-15-17-9-6-7-14-28-17)20-11-8-10-19(29-20)22-21-18-12-13-26(5,25(18,3)4)23(21)31-30-22;1-4(6)3-5(2)7;/h6-11,14,18H,12-13,15-16H2,1-5H3;3,6H,1-2H3;/q-2;;/b;4-3-;. The molecule has 0 amide bonds. The second-order valence-electron chi connectivity index (χ2n) is 12.0. The molecule has 0 spiro atoms. The fourth-order valence-corrected chi connectivity index (χ4v) is 5.94. The van der Waals surface area contributed by atoms with E-state index >= 15 is 0 Å². The zero-order valence-corrected chi connectivity index (χ0v) is 26.3. The van der Waals surface area contributed by atoms with E-state index in [0.717, 1.165) is 22.8 Å². The van der Waals surface area contributed by atoms with Gasteiger partial charge in [0.25, 0.3) is 0 Å². The molecular formula is C31H39IrN5O2-2. The normalized spacial score (nSPS) is 21.0. The van der Waals surface area contributed by atoms with Crippen LogP contribution in [0.1, 0.15) is 89.9 Å². The third kappa shape index (κ3) is 6.08. The minimum Gasteiger partial charge on any atom is -0.656 e. The molecule has 0 aliphatic heterocycles. The molecule has 0 aromatic carbocycles. The van der Waals surface area contributed by atoms with Gasteiger partial charge in [0.1, 0.15) is 0 Å². The monoisotopic (exact) mass is 706 g/mol. The van der Waals surface area contributed by atoms with Crippen molar-refractivity contribution in [3.63, 3.8) is 0 Å². The Morgan fingerprint density at radius 2 is 1.92 bits per heavy atom. The van der Waals surface area contributed by atoms with Gasteiger partial charge in [0.05, 0.1) is 5.76 Å². The minimum atomic E-state index is -0.168. The summed E-state index contributed by atoms with van der Waals surface area (Å²) >= 11 is 0. The number of hydrogen-bond donors (Lipinski definition) is 1. The van der Waals surface area contributed by atoms with Crippen LogP contribution < -0.4 is 5.10 Å². The van der Waals surface area contributed by atoms with Crippen LogP contribution in [-0.2, 0) is 42.3 Å². The van der Waals surface area contributed by atoms with E-state index < -0.39 is 0 Å². The van der Waals surface area contributed by atoms with Crippen molar-refractivity contribution in [1.29, 1.82) is 0 Å². The van der Waals surface area contributed by atoms with Crippen molar-refractivity contribution in [2.45, 2.75) is 84.6 Å². The molecular weight excluding hydrogens is 667 g/mol. The van der Waals surface area contributed by atoms with E-state index in [4.69, 9.17) is 15.4 Å². The molecule has 211 valence electrons. The summed E-state index contributed by atoms with van der Waals surface area (Å²) in [5, 5.41) is 22.5. The fraction of sp³-hybridized carbons (Fsp3) is 0.484. The average molecular weight is 706 g/mol. The Balaban J connectivity index is 0.000000468. The Morgan fingerprint density at radius 3 is 2.54 bits per heavy atom. The molecule has 2 aliphatic rings. The maximum Gasteiger partial charge on any atom is 0.155 e. The Kier molecular flexibility index (Phi) is 9.36. The number of aliphatic hydroxyl groups excluding tert-OH is 1. The Hall–Kier alpha value is -2.67. The van der Waals surface area contributed by atoms with Crippen LogP contribution in [0.3, 0.4) is 0 Å². The molecule has 7 nitrogen and oxygen atoms in total. The smallest absolute Gasteiger partial charge is 0.155 e. The van der Waals surface area contributed by atoms with Gasteiger partial charge in [0.2, 0.25) is 0 Å². The van der Waals surface area contributed by atoms with Crippen LogP contribution in [0.5, 0.6) is 0 Å². The molecule has 1 radical (unpaired) electrons. The van der Waals surface area contributed by atoms with E-state index in [1.54, 1.807) is 0 Å². The molecule has 2 bridgehead atoms. The fourth-order valence-electron chi connectivity index (χ4n) is 5.94. The van der Waals surface area contributed by atoms with Gasteiger partial charge in [-0.1, -0.05) is 52.4 Å². The number of rotatable bonds is 7. The van der Waals surface area contributed by atoms with Crippen LogP contribution >= 0.6 is 0 Å². The van der Waals surface area contributed by atoms with Gasteiger partial charge in [0.15, 0.2) is 5.78 Å². The number of hydrogen-bond acceptors (Lipinski definition) is 5. The molecule has 39 heavy (non-hydrogen) atoms. The number of aliphatic hydroxyl groups is 1. The largest absolute Gasteiger partial charge is 0.656 e. The van der Waals surface area contributed by atoms with Crippen LogP contribution in [0, 0.1) is 5.41 Å². The van der Waals surface area contributed by atoms with E-state index in [-0.39, 0.29) is 47.9 Å². The van der Waals surface area contributed by atoms with Gasteiger partial charge in [-0.15, -0.1) is 13.1 Å². The molecule has 3 heterocycles. The van der Waals surface area contributed by atoms with Gasteiger partial charge in [0, 0.05) is 60.6 Å². The topological polar surface area (TPSA) is 104 Å². The van der Waals surface area contributed by atoms with Crippen LogP contribution in [0.4, 0.5) is 0 Å². The SMILES string of the molecule is CC(=O)/C=C(/C)O.CC(C)(C[N-]Cc1ccccn1)c1cccc(-c2[n-]nc3c2C2CCC3(C)C2(C)C)n1.[Ir]. The van der Waals surface area contributed by atoms with Crippen LogP contribution in [0.15, 0.2) is 54.4 Å². The second-order valence-corrected chi connectivity index (χ2v) is 12.0. The van der Waals surface area contributed by atoms with Gasteiger partial charge in [-0.05, 0) is 73.3 Å². The average Bonchev–Trinajstić information content (AvgIpc) is 3.44. The number of carbonyl (C=O) groups is 1. The molecule has 1 N–H and O–H groups in total. The molecule has 3 aromatic heterocycles. The predicted octanol–water partition coefficient (Wildman–Crippen LogP) is 6.56. The summed E-state index contributed by atoms with van der Waals surface area (Å²) in [4.78, 5) is 19.4. The minimum absolute atomic E-state index is 0. The first-order chi connectivity index (χ1) is 17.9.